The molecule has 2 aromatic rings. The summed E-state index contributed by atoms with van der Waals surface area (Å²) in [5.74, 6) is -0.807. The lowest BCUT2D eigenvalue weighted by molar-refractivity contribution is -0.121. The normalized spacial score (nSPS) is 11.8. The van der Waals surface area contributed by atoms with Crippen LogP contribution in [0.15, 0.2) is 36.4 Å². The van der Waals surface area contributed by atoms with Gasteiger partial charge in [-0.05, 0) is 35.4 Å². The molecule has 9 heteroatoms. The smallest absolute Gasteiger partial charge is 0.250 e. The maximum Gasteiger partial charge on any atom is 0.250 e. The highest BCUT2D eigenvalue weighted by molar-refractivity contribution is 6.22. The van der Waals surface area contributed by atoms with Crippen LogP contribution < -0.4 is 10.6 Å². The van der Waals surface area contributed by atoms with E-state index in [2.05, 4.69) is 10.6 Å². The molecule has 1 aliphatic rings. The van der Waals surface area contributed by atoms with Gasteiger partial charge in [-0.2, -0.15) is 0 Å². The summed E-state index contributed by atoms with van der Waals surface area (Å²) in [5, 5.41) is 5.45. The lowest BCUT2D eigenvalue weighted by Crippen LogP contribution is -2.19. The van der Waals surface area contributed by atoms with E-state index in [4.69, 9.17) is 18.9 Å². The zero-order valence-electron chi connectivity index (χ0n) is 18.1. The molecule has 0 saturated heterocycles. The summed E-state index contributed by atoms with van der Waals surface area (Å²) in [6, 6.07) is 10.4. The van der Waals surface area contributed by atoms with Gasteiger partial charge in [0.2, 0.25) is 11.8 Å². The Morgan fingerprint density at radius 2 is 1.12 bits per heavy atom. The lowest BCUT2D eigenvalue weighted by Gasteiger charge is -2.08. The Hall–Kier alpha value is -3.11. The van der Waals surface area contributed by atoms with Crippen LogP contribution in [0.3, 0.4) is 0 Å². The van der Waals surface area contributed by atoms with E-state index in [1.54, 1.807) is 50.6 Å². The molecule has 1 aliphatic carbocycles. The molecule has 0 aliphatic heterocycles. The van der Waals surface area contributed by atoms with Crippen LogP contribution in [0, 0.1) is 0 Å². The highest BCUT2D eigenvalue weighted by Crippen LogP contribution is 2.39. The first kappa shape index (κ1) is 23.6. The zero-order valence-corrected chi connectivity index (χ0v) is 18.1. The summed E-state index contributed by atoms with van der Waals surface area (Å²) >= 11 is 0. The summed E-state index contributed by atoms with van der Waals surface area (Å²) in [5.41, 5.74) is 3.55. The third-order valence-corrected chi connectivity index (χ3v) is 4.72. The van der Waals surface area contributed by atoms with Gasteiger partial charge in [-0.1, -0.05) is 12.1 Å². The van der Waals surface area contributed by atoms with Crippen molar-refractivity contribution in [2.75, 3.05) is 64.5 Å². The Balaban J connectivity index is 1.63. The number of rotatable bonds is 12. The molecule has 0 fully saturated rings. The number of anilines is 2. The van der Waals surface area contributed by atoms with Gasteiger partial charge in [0, 0.05) is 36.7 Å². The third-order valence-electron chi connectivity index (χ3n) is 4.72. The standard InChI is InChI=1S/C23H26N2O7/c1-29-7-9-31-13-21(26)24-15-3-5-17-18-6-4-16(12-20(18)23(28)19(17)11-15)25-22(27)14-32-10-8-30-2/h3-6,11-12H,7-10,13-14H2,1-2H3,(H,24,26)(H,25,27). The Labute approximate surface area is 186 Å². The van der Waals surface area contributed by atoms with Crippen LogP contribution in [0.2, 0.25) is 0 Å². The number of benzene rings is 2. The van der Waals surface area contributed by atoms with Crippen molar-refractivity contribution in [1.82, 2.24) is 0 Å². The van der Waals surface area contributed by atoms with Gasteiger partial charge in [0.1, 0.15) is 13.2 Å². The third kappa shape index (κ3) is 5.98. The second-order valence-electron chi connectivity index (χ2n) is 7.04. The number of amides is 2. The van der Waals surface area contributed by atoms with E-state index in [0.29, 0.717) is 48.9 Å². The second-order valence-corrected chi connectivity index (χ2v) is 7.04. The minimum absolute atomic E-state index is 0.104. The molecule has 2 N–H and O–H groups in total. The Bertz CT molecular complexity index is 913. The van der Waals surface area contributed by atoms with Crippen LogP contribution in [0.5, 0.6) is 0 Å². The molecular weight excluding hydrogens is 416 g/mol. The molecule has 0 unspecified atom stereocenters. The van der Waals surface area contributed by atoms with Crippen LogP contribution >= 0.6 is 0 Å². The van der Waals surface area contributed by atoms with E-state index in [-0.39, 0.29) is 30.8 Å². The molecule has 0 bridgehead atoms. The van der Waals surface area contributed by atoms with E-state index in [1.165, 1.54) is 0 Å². The Morgan fingerprint density at radius 1 is 0.688 bits per heavy atom. The van der Waals surface area contributed by atoms with Crippen molar-refractivity contribution < 1.29 is 33.3 Å². The summed E-state index contributed by atoms with van der Waals surface area (Å²) in [6.45, 7) is 1.24. The molecule has 32 heavy (non-hydrogen) atoms. The molecular formula is C23H26N2O7. The van der Waals surface area contributed by atoms with Gasteiger partial charge < -0.3 is 29.6 Å². The van der Waals surface area contributed by atoms with Gasteiger partial charge in [-0.15, -0.1) is 0 Å². The van der Waals surface area contributed by atoms with Crippen molar-refractivity contribution >= 4 is 29.0 Å². The summed E-state index contributed by atoms with van der Waals surface area (Å²) < 4.78 is 20.1. The first-order valence-electron chi connectivity index (χ1n) is 10.1. The fraction of sp³-hybridized carbons (Fsp3) is 0.348. The van der Waals surface area contributed by atoms with Crippen LogP contribution in [-0.4, -0.2) is 71.5 Å². The molecule has 0 heterocycles. The lowest BCUT2D eigenvalue weighted by atomic mass is 10.0. The zero-order chi connectivity index (χ0) is 22.9. The van der Waals surface area contributed by atoms with E-state index in [0.717, 1.165) is 11.1 Å². The fourth-order valence-corrected chi connectivity index (χ4v) is 3.24. The Morgan fingerprint density at radius 3 is 1.53 bits per heavy atom. The number of ketones is 1. The monoisotopic (exact) mass is 442 g/mol. The number of fused-ring (bicyclic) bond motifs is 3. The molecule has 0 aromatic heterocycles. The van der Waals surface area contributed by atoms with Gasteiger partial charge in [-0.3, -0.25) is 14.4 Å². The van der Waals surface area contributed by atoms with Crippen molar-refractivity contribution in [3.05, 3.63) is 47.5 Å². The van der Waals surface area contributed by atoms with Gasteiger partial charge in [0.15, 0.2) is 5.78 Å². The molecule has 3 rings (SSSR count). The number of nitrogens with one attached hydrogen (secondary N) is 2. The van der Waals surface area contributed by atoms with Gasteiger partial charge in [0.25, 0.3) is 0 Å². The van der Waals surface area contributed by atoms with Gasteiger partial charge in [-0.25, -0.2) is 0 Å². The van der Waals surface area contributed by atoms with E-state index < -0.39 is 0 Å². The van der Waals surface area contributed by atoms with Gasteiger partial charge >= 0.3 is 0 Å². The fourth-order valence-electron chi connectivity index (χ4n) is 3.24. The quantitative estimate of drug-likeness (QED) is 0.413. The predicted octanol–water partition coefficient (Wildman–Crippen LogP) is 2.10. The summed E-state index contributed by atoms with van der Waals surface area (Å²) in [4.78, 5) is 37.0. The number of carbonyl (C=O) groups excluding carboxylic acids is 3. The number of carbonyl (C=O) groups is 3. The number of hydrogen-bond donors (Lipinski definition) is 2. The molecule has 170 valence electrons. The first-order chi connectivity index (χ1) is 15.5. The molecule has 0 saturated carbocycles. The largest absolute Gasteiger partial charge is 0.382 e. The summed E-state index contributed by atoms with van der Waals surface area (Å²) in [7, 11) is 3.11. The van der Waals surface area contributed by atoms with Crippen molar-refractivity contribution in [2.45, 2.75) is 0 Å². The first-order valence-corrected chi connectivity index (χ1v) is 10.1. The molecule has 0 spiro atoms. The van der Waals surface area contributed by atoms with Crippen LogP contribution in [-0.2, 0) is 28.5 Å². The number of hydrogen-bond acceptors (Lipinski definition) is 7. The summed E-state index contributed by atoms with van der Waals surface area (Å²) in [6.07, 6.45) is 0. The van der Waals surface area contributed by atoms with E-state index in [9.17, 15) is 14.4 Å². The van der Waals surface area contributed by atoms with E-state index in [1.807, 2.05) is 0 Å². The van der Waals surface area contributed by atoms with E-state index >= 15 is 0 Å². The van der Waals surface area contributed by atoms with Crippen molar-refractivity contribution in [1.29, 1.82) is 0 Å². The van der Waals surface area contributed by atoms with Crippen LogP contribution in [0.1, 0.15) is 15.9 Å². The Kier molecular flexibility index (Phi) is 8.46. The van der Waals surface area contributed by atoms with Crippen molar-refractivity contribution in [2.24, 2.45) is 0 Å². The number of ether oxygens (including phenoxy) is 4. The average molecular weight is 442 g/mol. The highest BCUT2D eigenvalue weighted by Gasteiger charge is 2.27. The maximum absolute atomic E-state index is 12.9. The van der Waals surface area contributed by atoms with Crippen molar-refractivity contribution in [3.8, 4) is 11.1 Å². The molecule has 9 nitrogen and oxygen atoms in total. The molecule has 2 amide bonds. The molecule has 0 atom stereocenters. The predicted molar refractivity (Wildman–Crippen MR) is 118 cm³/mol. The molecule has 2 aromatic carbocycles. The minimum atomic E-state index is -0.318. The highest BCUT2D eigenvalue weighted by atomic mass is 16.5. The topological polar surface area (TPSA) is 112 Å². The SMILES string of the molecule is COCCOCC(=O)Nc1ccc2c(c1)C(=O)c1cc(NC(=O)COCCOC)ccc1-2. The van der Waals surface area contributed by atoms with Crippen LogP contribution in [0.25, 0.3) is 11.1 Å². The van der Waals surface area contributed by atoms with Gasteiger partial charge in [0.05, 0.1) is 26.4 Å². The van der Waals surface area contributed by atoms with Crippen LogP contribution in [0.4, 0.5) is 11.4 Å². The number of methoxy groups -OCH3 is 2. The van der Waals surface area contributed by atoms with Crippen molar-refractivity contribution in [3.63, 3.8) is 0 Å². The average Bonchev–Trinajstić information content (AvgIpc) is 3.05. The maximum atomic E-state index is 12.9. The second kappa shape index (κ2) is 11.5. The molecule has 0 radical (unpaired) electrons. The minimum Gasteiger partial charge on any atom is -0.382 e.